The van der Waals surface area contributed by atoms with Crippen molar-refractivity contribution in [2.75, 3.05) is 7.05 Å². The van der Waals surface area contributed by atoms with Gasteiger partial charge in [0.2, 0.25) is 0 Å². The van der Waals surface area contributed by atoms with Crippen molar-refractivity contribution in [1.29, 1.82) is 0 Å². The maximum Gasteiger partial charge on any atom is 0.131 e. The molecule has 21 heavy (non-hydrogen) atoms. The molecule has 0 saturated heterocycles. The summed E-state index contributed by atoms with van der Waals surface area (Å²) >= 11 is 0. The number of rotatable bonds is 5. The molecule has 0 aliphatic heterocycles. The molecule has 2 heteroatoms. The molecule has 1 N–H and O–H groups in total. The van der Waals surface area contributed by atoms with Crippen molar-refractivity contribution in [2.24, 2.45) is 0 Å². The number of nitrogens with one attached hydrogen (secondary N) is 1. The van der Waals surface area contributed by atoms with Crippen LogP contribution in [0.15, 0.2) is 42.5 Å². The fourth-order valence-electron chi connectivity index (χ4n) is 2.35. The van der Waals surface area contributed by atoms with E-state index in [0.29, 0.717) is 12.0 Å². The summed E-state index contributed by atoms with van der Waals surface area (Å²) in [4.78, 5) is 0. The van der Waals surface area contributed by atoms with Crippen LogP contribution in [0.1, 0.15) is 49.4 Å². The molecule has 0 bridgehead atoms. The van der Waals surface area contributed by atoms with Crippen molar-refractivity contribution >= 4 is 0 Å². The average Bonchev–Trinajstić information content (AvgIpc) is 2.46. The van der Waals surface area contributed by atoms with E-state index < -0.39 is 0 Å². The van der Waals surface area contributed by atoms with Crippen molar-refractivity contribution in [3.05, 3.63) is 59.2 Å². The average molecular weight is 283 g/mol. The van der Waals surface area contributed by atoms with E-state index in [1.165, 1.54) is 16.7 Å². The topological polar surface area (TPSA) is 21.3 Å². The van der Waals surface area contributed by atoms with E-state index in [1.54, 1.807) is 0 Å². The highest BCUT2D eigenvalue weighted by Gasteiger charge is 2.10. The van der Waals surface area contributed by atoms with Crippen LogP contribution in [0.3, 0.4) is 0 Å². The highest BCUT2D eigenvalue weighted by molar-refractivity contribution is 5.43. The Hall–Kier alpha value is -1.80. The van der Waals surface area contributed by atoms with E-state index in [4.69, 9.17) is 4.74 Å². The maximum atomic E-state index is 6.16. The second-order valence-electron chi connectivity index (χ2n) is 5.88. The summed E-state index contributed by atoms with van der Waals surface area (Å²) in [5.41, 5.74) is 3.69. The molecule has 2 aromatic carbocycles. The zero-order chi connectivity index (χ0) is 15.4. The molecule has 0 saturated carbocycles. The van der Waals surface area contributed by atoms with Gasteiger partial charge < -0.3 is 10.1 Å². The largest absolute Gasteiger partial charge is 0.457 e. The van der Waals surface area contributed by atoms with Gasteiger partial charge in [-0.15, -0.1) is 0 Å². The van der Waals surface area contributed by atoms with E-state index in [0.717, 1.165) is 11.5 Å². The summed E-state index contributed by atoms with van der Waals surface area (Å²) in [5, 5.41) is 3.26. The van der Waals surface area contributed by atoms with Crippen LogP contribution < -0.4 is 10.1 Å². The molecule has 2 rings (SSSR count). The molecule has 1 atom stereocenters. The van der Waals surface area contributed by atoms with Crippen molar-refractivity contribution in [2.45, 2.75) is 39.7 Å². The van der Waals surface area contributed by atoms with Gasteiger partial charge >= 0.3 is 0 Å². The lowest BCUT2D eigenvalue weighted by Gasteiger charge is -2.16. The quantitative estimate of drug-likeness (QED) is 0.815. The predicted octanol–water partition coefficient (Wildman–Crippen LogP) is 5.19. The van der Waals surface area contributed by atoms with E-state index in [1.807, 2.05) is 19.2 Å². The van der Waals surface area contributed by atoms with Gasteiger partial charge in [0, 0.05) is 6.04 Å². The third kappa shape index (κ3) is 3.85. The van der Waals surface area contributed by atoms with Crippen LogP contribution in [0.4, 0.5) is 0 Å². The molecule has 0 radical (unpaired) electrons. The van der Waals surface area contributed by atoms with Crippen LogP contribution in [0, 0.1) is 6.92 Å². The first-order valence-corrected chi connectivity index (χ1v) is 7.57. The molecule has 0 aromatic heterocycles. The Morgan fingerprint density at radius 2 is 1.76 bits per heavy atom. The zero-order valence-electron chi connectivity index (χ0n) is 13.6. The minimum Gasteiger partial charge on any atom is -0.457 e. The zero-order valence-corrected chi connectivity index (χ0v) is 13.6. The first kappa shape index (κ1) is 15.6. The van der Waals surface area contributed by atoms with Crippen LogP contribution in [0.2, 0.25) is 0 Å². The van der Waals surface area contributed by atoms with Gasteiger partial charge in [-0.2, -0.15) is 0 Å². The molecular formula is C19H25NO. The normalized spacial score (nSPS) is 12.5. The van der Waals surface area contributed by atoms with E-state index in [2.05, 4.69) is 63.3 Å². The lowest BCUT2D eigenvalue weighted by molar-refractivity contribution is 0.471. The van der Waals surface area contributed by atoms with Gasteiger partial charge in [0.1, 0.15) is 11.5 Å². The Kier molecular flexibility index (Phi) is 5.03. The van der Waals surface area contributed by atoms with E-state index >= 15 is 0 Å². The van der Waals surface area contributed by atoms with Crippen molar-refractivity contribution < 1.29 is 4.74 Å². The van der Waals surface area contributed by atoms with Gasteiger partial charge in [-0.3, -0.25) is 0 Å². The Bertz CT molecular complexity index is 604. The number of ether oxygens (including phenoxy) is 1. The Morgan fingerprint density at radius 3 is 2.43 bits per heavy atom. The van der Waals surface area contributed by atoms with Gasteiger partial charge in [-0.05, 0) is 61.7 Å². The lowest BCUT2D eigenvalue weighted by Crippen LogP contribution is -2.12. The minimum atomic E-state index is 0.315. The number of aryl methyl sites for hydroxylation is 1. The van der Waals surface area contributed by atoms with Gasteiger partial charge in [-0.1, -0.05) is 38.1 Å². The van der Waals surface area contributed by atoms with Gasteiger partial charge in [0.25, 0.3) is 0 Å². The molecule has 2 aromatic rings. The van der Waals surface area contributed by atoms with Gasteiger partial charge in [-0.25, -0.2) is 0 Å². The Labute approximate surface area is 128 Å². The van der Waals surface area contributed by atoms with Crippen molar-refractivity contribution in [3.63, 3.8) is 0 Å². The predicted molar refractivity (Wildman–Crippen MR) is 89.3 cm³/mol. The van der Waals surface area contributed by atoms with E-state index in [9.17, 15) is 0 Å². The SMILES string of the molecule is CNC(C)c1cccc(Oc2cc(C)ccc2C(C)C)c1. The second-order valence-corrected chi connectivity index (χ2v) is 5.88. The first-order valence-electron chi connectivity index (χ1n) is 7.57. The first-order chi connectivity index (χ1) is 10.0. The molecule has 0 fully saturated rings. The maximum absolute atomic E-state index is 6.16. The third-order valence-electron chi connectivity index (χ3n) is 3.81. The van der Waals surface area contributed by atoms with Crippen LogP contribution in [0.25, 0.3) is 0 Å². The molecule has 112 valence electrons. The fourth-order valence-corrected chi connectivity index (χ4v) is 2.35. The number of hydrogen-bond donors (Lipinski definition) is 1. The van der Waals surface area contributed by atoms with Crippen molar-refractivity contribution in [3.8, 4) is 11.5 Å². The molecular weight excluding hydrogens is 258 g/mol. The summed E-state index contributed by atoms with van der Waals surface area (Å²) < 4.78 is 6.16. The van der Waals surface area contributed by atoms with Crippen molar-refractivity contribution in [1.82, 2.24) is 5.32 Å². The summed E-state index contributed by atoms with van der Waals surface area (Å²) in [5.74, 6) is 2.29. The highest BCUT2D eigenvalue weighted by atomic mass is 16.5. The van der Waals surface area contributed by atoms with Crippen LogP contribution in [0.5, 0.6) is 11.5 Å². The third-order valence-corrected chi connectivity index (χ3v) is 3.81. The summed E-state index contributed by atoms with van der Waals surface area (Å²) in [7, 11) is 1.97. The standard InChI is InChI=1S/C19H25NO/c1-13(2)18-10-9-14(3)11-19(18)21-17-8-6-7-16(12-17)15(4)20-5/h6-13,15,20H,1-5H3. The smallest absolute Gasteiger partial charge is 0.131 e. The molecule has 2 nitrogen and oxygen atoms in total. The van der Waals surface area contributed by atoms with Crippen LogP contribution in [-0.2, 0) is 0 Å². The van der Waals surface area contributed by atoms with E-state index in [-0.39, 0.29) is 0 Å². The second kappa shape index (κ2) is 6.77. The number of benzene rings is 2. The molecule has 0 aliphatic rings. The van der Waals surface area contributed by atoms with Gasteiger partial charge in [0.15, 0.2) is 0 Å². The minimum absolute atomic E-state index is 0.315. The van der Waals surface area contributed by atoms with Gasteiger partial charge in [0.05, 0.1) is 0 Å². The van der Waals surface area contributed by atoms with Crippen LogP contribution >= 0.6 is 0 Å². The summed E-state index contributed by atoms with van der Waals surface area (Å²) in [6, 6.07) is 15.0. The summed E-state index contributed by atoms with van der Waals surface area (Å²) in [6.07, 6.45) is 0. The Balaban J connectivity index is 2.32. The molecule has 0 amide bonds. The highest BCUT2D eigenvalue weighted by Crippen LogP contribution is 2.32. The fraction of sp³-hybridized carbons (Fsp3) is 0.368. The monoisotopic (exact) mass is 283 g/mol. The summed E-state index contributed by atoms with van der Waals surface area (Å²) in [6.45, 7) is 8.62. The molecule has 1 unspecified atom stereocenters. The lowest BCUT2D eigenvalue weighted by atomic mass is 10.0. The number of hydrogen-bond acceptors (Lipinski definition) is 2. The van der Waals surface area contributed by atoms with Crippen LogP contribution in [-0.4, -0.2) is 7.05 Å². The molecule has 0 spiro atoms. The molecule has 0 aliphatic carbocycles. The molecule has 0 heterocycles. The Morgan fingerprint density at radius 1 is 1.00 bits per heavy atom.